The fourth-order valence-electron chi connectivity index (χ4n) is 3.26. The lowest BCUT2D eigenvalue weighted by Gasteiger charge is -2.30. The summed E-state index contributed by atoms with van der Waals surface area (Å²) < 4.78 is 5.77. The lowest BCUT2D eigenvalue weighted by molar-refractivity contribution is 0.102. The molecule has 1 aliphatic heterocycles. The normalized spacial score (nSPS) is 14.4. The molecule has 0 atom stereocenters. The molecule has 0 spiro atoms. The Morgan fingerprint density at radius 1 is 1.00 bits per heavy atom. The molecule has 0 unspecified atom stereocenters. The van der Waals surface area contributed by atoms with Gasteiger partial charge >= 0.3 is 0 Å². The van der Waals surface area contributed by atoms with Crippen LogP contribution in [0.5, 0.6) is 11.5 Å². The van der Waals surface area contributed by atoms with Crippen LogP contribution in [0.15, 0.2) is 66.9 Å². The Labute approximate surface area is 170 Å². The molecule has 1 fully saturated rings. The Kier molecular flexibility index (Phi) is 5.70. The van der Waals surface area contributed by atoms with E-state index in [4.69, 9.17) is 4.74 Å². The molecule has 6 nitrogen and oxygen atoms in total. The zero-order chi connectivity index (χ0) is 20.1. The molecule has 6 heteroatoms. The van der Waals surface area contributed by atoms with Gasteiger partial charge in [0.2, 0.25) is 5.95 Å². The summed E-state index contributed by atoms with van der Waals surface area (Å²) in [4.78, 5) is 23.6. The number of nitrogens with zero attached hydrogens (tertiary/aromatic N) is 3. The summed E-state index contributed by atoms with van der Waals surface area (Å²) in [6, 6.07) is 18.5. The number of para-hydroxylation sites is 1. The van der Waals surface area contributed by atoms with Crippen molar-refractivity contribution in [1.29, 1.82) is 0 Å². The zero-order valence-electron chi connectivity index (χ0n) is 16.4. The molecule has 148 valence electrons. The lowest BCUT2D eigenvalue weighted by atomic mass is 10.00. The molecule has 1 N–H and O–H groups in total. The third-order valence-electron chi connectivity index (χ3n) is 5.03. The predicted octanol–water partition coefficient (Wildman–Crippen LogP) is 4.76. The number of rotatable bonds is 5. The van der Waals surface area contributed by atoms with E-state index in [1.54, 1.807) is 12.3 Å². The first-order valence-electron chi connectivity index (χ1n) is 9.90. The number of piperidine rings is 1. The molecule has 3 aromatic rings. The van der Waals surface area contributed by atoms with Crippen molar-refractivity contribution in [3.05, 3.63) is 72.6 Å². The average Bonchev–Trinajstić information content (AvgIpc) is 2.76. The monoisotopic (exact) mass is 388 g/mol. The van der Waals surface area contributed by atoms with Crippen LogP contribution < -0.4 is 15.0 Å². The van der Waals surface area contributed by atoms with Crippen LogP contribution in [0.1, 0.15) is 30.3 Å². The molecule has 4 rings (SSSR count). The number of anilines is 2. The minimum Gasteiger partial charge on any atom is -0.457 e. The molecule has 1 aromatic heterocycles. The van der Waals surface area contributed by atoms with Crippen LogP contribution in [0.3, 0.4) is 0 Å². The van der Waals surface area contributed by atoms with Gasteiger partial charge in [-0.05, 0) is 61.2 Å². The summed E-state index contributed by atoms with van der Waals surface area (Å²) in [5, 5.41) is 2.88. The number of carbonyl (C=O) groups is 1. The molecule has 2 aromatic carbocycles. The number of benzene rings is 2. The van der Waals surface area contributed by atoms with E-state index in [0.717, 1.165) is 37.6 Å². The summed E-state index contributed by atoms with van der Waals surface area (Å²) in [7, 11) is 0. The van der Waals surface area contributed by atoms with Crippen molar-refractivity contribution in [2.75, 3.05) is 23.3 Å². The van der Waals surface area contributed by atoms with E-state index in [0.29, 0.717) is 23.1 Å². The maximum Gasteiger partial charge on any atom is 0.274 e. The molecular weight excluding hydrogens is 364 g/mol. The molecule has 1 aliphatic rings. The fraction of sp³-hybridized carbons (Fsp3) is 0.261. The highest BCUT2D eigenvalue weighted by Crippen LogP contribution is 2.23. The fourth-order valence-corrected chi connectivity index (χ4v) is 3.26. The van der Waals surface area contributed by atoms with E-state index in [2.05, 4.69) is 27.1 Å². The summed E-state index contributed by atoms with van der Waals surface area (Å²) in [6.45, 7) is 4.11. The number of amides is 1. The van der Waals surface area contributed by atoms with E-state index < -0.39 is 0 Å². The summed E-state index contributed by atoms with van der Waals surface area (Å²) >= 11 is 0. The minimum absolute atomic E-state index is 0.254. The van der Waals surface area contributed by atoms with E-state index >= 15 is 0 Å². The van der Waals surface area contributed by atoms with Crippen molar-refractivity contribution in [1.82, 2.24) is 9.97 Å². The van der Waals surface area contributed by atoms with E-state index in [1.807, 2.05) is 54.6 Å². The minimum atomic E-state index is -0.254. The highest BCUT2D eigenvalue weighted by molar-refractivity contribution is 6.03. The van der Waals surface area contributed by atoms with Crippen LogP contribution in [0.25, 0.3) is 0 Å². The third-order valence-corrected chi connectivity index (χ3v) is 5.03. The first-order valence-corrected chi connectivity index (χ1v) is 9.90. The van der Waals surface area contributed by atoms with Crippen molar-refractivity contribution in [2.24, 2.45) is 5.92 Å². The van der Waals surface area contributed by atoms with Crippen LogP contribution in [0, 0.1) is 5.92 Å². The van der Waals surface area contributed by atoms with Gasteiger partial charge in [0.25, 0.3) is 5.91 Å². The standard InChI is InChI=1S/C23H24N4O2/c1-17-12-15-27(16-13-17)23-24-14-11-21(26-23)22(28)25-18-7-9-20(10-8-18)29-19-5-3-2-4-6-19/h2-11,14,17H,12-13,15-16H2,1H3,(H,25,28). The Morgan fingerprint density at radius 3 is 2.41 bits per heavy atom. The number of hydrogen-bond donors (Lipinski definition) is 1. The number of hydrogen-bond acceptors (Lipinski definition) is 5. The third kappa shape index (κ3) is 4.90. The maximum absolute atomic E-state index is 12.6. The van der Waals surface area contributed by atoms with Gasteiger partial charge in [0, 0.05) is 25.0 Å². The highest BCUT2D eigenvalue weighted by Gasteiger charge is 2.19. The van der Waals surface area contributed by atoms with Crippen LogP contribution in [-0.4, -0.2) is 29.0 Å². The van der Waals surface area contributed by atoms with Gasteiger partial charge in [0.05, 0.1) is 0 Å². The van der Waals surface area contributed by atoms with Gasteiger partial charge in [0.1, 0.15) is 17.2 Å². The first-order chi connectivity index (χ1) is 14.2. The second-order valence-electron chi connectivity index (χ2n) is 7.31. The van der Waals surface area contributed by atoms with Crippen LogP contribution in [0.4, 0.5) is 11.6 Å². The summed E-state index contributed by atoms with van der Waals surface area (Å²) in [5.74, 6) is 2.57. The zero-order valence-corrected chi connectivity index (χ0v) is 16.4. The van der Waals surface area contributed by atoms with E-state index in [1.165, 1.54) is 0 Å². The Morgan fingerprint density at radius 2 is 1.69 bits per heavy atom. The molecule has 0 radical (unpaired) electrons. The second-order valence-corrected chi connectivity index (χ2v) is 7.31. The number of ether oxygens (including phenoxy) is 1. The van der Waals surface area contributed by atoms with Crippen LogP contribution >= 0.6 is 0 Å². The molecule has 1 saturated heterocycles. The van der Waals surface area contributed by atoms with Gasteiger partial charge in [-0.3, -0.25) is 4.79 Å². The van der Waals surface area contributed by atoms with Crippen LogP contribution in [-0.2, 0) is 0 Å². The number of carbonyl (C=O) groups excluding carboxylic acids is 1. The van der Waals surface area contributed by atoms with E-state index in [9.17, 15) is 4.79 Å². The topological polar surface area (TPSA) is 67.4 Å². The van der Waals surface area contributed by atoms with Crippen molar-refractivity contribution in [3.63, 3.8) is 0 Å². The average molecular weight is 388 g/mol. The Balaban J connectivity index is 1.39. The van der Waals surface area contributed by atoms with Crippen molar-refractivity contribution in [3.8, 4) is 11.5 Å². The van der Waals surface area contributed by atoms with E-state index in [-0.39, 0.29) is 5.91 Å². The Hall–Kier alpha value is -3.41. The molecule has 1 amide bonds. The van der Waals surface area contributed by atoms with Gasteiger partial charge < -0.3 is 15.0 Å². The highest BCUT2D eigenvalue weighted by atomic mass is 16.5. The molecule has 0 bridgehead atoms. The van der Waals surface area contributed by atoms with Gasteiger partial charge in [-0.25, -0.2) is 9.97 Å². The SMILES string of the molecule is CC1CCN(c2nccc(C(=O)Nc3ccc(Oc4ccccc4)cc3)n2)CC1. The van der Waals surface area contributed by atoms with Crippen LogP contribution in [0.2, 0.25) is 0 Å². The maximum atomic E-state index is 12.6. The molecule has 2 heterocycles. The summed E-state index contributed by atoms with van der Waals surface area (Å²) in [5.41, 5.74) is 1.04. The number of aromatic nitrogens is 2. The first kappa shape index (κ1) is 18.9. The van der Waals surface area contributed by atoms with Gasteiger partial charge in [-0.2, -0.15) is 0 Å². The largest absolute Gasteiger partial charge is 0.457 e. The summed E-state index contributed by atoms with van der Waals surface area (Å²) in [6.07, 6.45) is 3.89. The Bertz CT molecular complexity index is 952. The van der Waals surface area contributed by atoms with Gasteiger partial charge in [0.15, 0.2) is 0 Å². The van der Waals surface area contributed by atoms with Gasteiger partial charge in [-0.15, -0.1) is 0 Å². The quantitative estimate of drug-likeness (QED) is 0.683. The van der Waals surface area contributed by atoms with Crippen molar-refractivity contribution >= 4 is 17.5 Å². The molecule has 0 aliphatic carbocycles. The molecular formula is C23H24N4O2. The predicted molar refractivity (Wildman–Crippen MR) is 114 cm³/mol. The van der Waals surface area contributed by atoms with Crippen molar-refractivity contribution < 1.29 is 9.53 Å². The van der Waals surface area contributed by atoms with Crippen molar-refractivity contribution in [2.45, 2.75) is 19.8 Å². The molecule has 0 saturated carbocycles. The van der Waals surface area contributed by atoms with Gasteiger partial charge in [-0.1, -0.05) is 25.1 Å². The second kappa shape index (κ2) is 8.73. The smallest absolute Gasteiger partial charge is 0.274 e. The number of nitrogens with one attached hydrogen (secondary N) is 1. The molecule has 29 heavy (non-hydrogen) atoms. The lowest BCUT2D eigenvalue weighted by Crippen LogP contribution is -2.34.